The molecule has 5 rings (SSSR count). The van der Waals surface area contributed by atoms with Gasteiger partial charge in [-0.3, -0.25) is 14.0 Å². The molecule has 2 fully saturated rings. The summed E-state index contributed by atoms with van der Waals surface area (Å²) in [4.78, 5) is 21.5. The third kappa shape index (κ3) is 2.56. The van der Waals surface area contributed by atoms with Gasteiger partial charge >= 0.3 is 0 Å². The molecule has 1 saturated carbocycles. The molecule has 0 amide bonds. The van der Waals surface area contributed by atoms with Gasteiger partial charge in [0.25, 0.3) is 5.56 Å². The standard InChI is InChI=1S/C18H22N8O/c1-23(18-20-16-13(8-19-25(16)3)17(27)24(18)2)12-9-26(10-12)15-7-6-14(21-22-15)11-4-5-11/h6-8,11-12H,4-5,9-10H2,1-3H3. The Kier molecular flexibility index (Phi) is 3.46. The summed E-state index contributed by atoms with van der Waals surface area (Å²) in [5.41, 5.74) is 1.64. The van der Waals surface area contributed by atoms with Crippen LogP contribution in [0.2, 0.25) is 0 Å². The van der Waals surface area contributed by atoms with Crippen LogP contribution in [0.25, 0.3) is 11.0 Å². The minimum absolute atomic E-state index is 0.0762. The topological polar surface area (TPSA) is 85.0 Å². The zero-order chi connectivity index (χ0) is 18.7. The van der Waals surface area contributed by atoms with E-state index in [0.29, 0.717) is 22.9 Å². The Hall–Kier alpha value is -2.97. The highest BCUT2D eigenvalue weighted by molar-refractivity contribution is 5.74. The SMILES string of the molecule is CN(c1nc2c(cnn2C)c(=O)n1C)C1CN(c2ccc(C3CC3)nn2)C1. The van der Waals surface area contributed by atoms with E-state index in [2.05, 4.69) is 42.2 Å². The minimum atomic E-state index is -0.0762. The second-order valence-electron chi connectivity index (χ2n) is 7.54. The third-order valence-electron chi connectivity index (χ3n) is 5.66. The van der Waals surface area contributed by atoms with E-state index < -0.39 is 0 Å². The number of nitrogens with zero attached hydrogens (tertiary/aromatic N) is 8. The highest BCUT2D eigenvalue weighted by Crippen LogP contribution is 2.39. The molecular formula is C18H22N8O. The number of fused-ring (bicyclic) bond motifs is 1. The fourth-order valence-electron chi connectivity index (χ4n) is 3.62. The van der Waals surface area contributed by atoms with Crippen LogP contribution in [0.4, 0.5) is 11.8 Å². The first-order chi connectivity index (χ1) is 13.0. The first-order valence-electron chi connectivity index (χ1n) is 9.23. The number of rotatable bonds is 4. The van der Waals surface area contributed by atoms with Crippen molar-refractivity contribution in [2.45, 2.75) is 24.8 Å². The number of aryl methyl sites for hydroxylation is 1. The summed E-state index contributed by atoms with van der Waals surface area (Å²) in [6, 6.07) is 4.42. The molecule has 1 saturated heterocycles. The molecule has 9 heteroatoms. The van der Waals surface area contributed by atoms with E-state index in [9.17, 15) is 4.79 Å². The Bertz CT molecular complexity index is 1060. The number of likely N-dealkylation sites (N-methyl/N-ethyl adjacent to an activating group) is 1. The summed E-state index contributed by atoms with van der Waals surface area (Å²) < 4.78 is 3.23. The van der Waals surface area contributed by atoms with Crippen molar-refractivity contribution >= 4 is 22.8 Å². The minimum Gasteiger partial charge on any atom is -0.351 e. The summed E-state index contributed by atoms with van der Waals surface area (Å²) in [7, 11) is 5.54. The van der Waals surface area contributed by atoms with E-state index in [-0.39, 0.29) is 11.6 Å². The Morgan fingerprint density at radius 3 is 2.59 bits per heavy atom. The molecule has 1 aliphatic carbocycles. The Balaban J connectivity index is 1.34. The van der Waals surface area contributed by atoms with Crippen LogP contribution in [-0.4, -0.2) is 55.7 Å². The molecule has 0 unspecified atom stereocenters. The van der Waals surface area contributed by atoms with E-state index >= 15 is 0 Å². The Morgan fingerprint density at radius 1 is 1.15 bits per heavy atom. The zero-order valence-electron chi connectivity index (χ0n) is 15.7. The molecule has 4 heterocycles. The van der Waals surface area contributed by atoms with Gasteiger partial charge in [0.05, 0.1) is 17.9 Å². The van der Waals surface area contributed by atoms with Crippen molar-refractivity contribution in [1.29, 1.82) is 0 Å². The lowest BCUT2D eigenvalue weighted by molar-refractivity contribution is 0.479. The lowest BCUT2D eigenvalue weighted by Crippen LogP contribution is -2.59. The highest BCUT2D eigenvalue weighted by atomic mass is 16.1. The lowest BCUT2D eigenvalue weighted by Gasteiger charge is -2.44. The summed E-state index contributed by atoms with van der Waals surface area (Å²) in [5, 5.41) is 13.4. The molecule has 0 N–H and O–H groups in total. The molecule has 0 aromatic carbocycles. The van der Waals surface area contributed by atoms with Crippen LogP contribution in [0.15, 0.2) is 23.1 Å². The molecule has 3 aromatic rings. The second kappa shape index (κ2) is 5.77. The molecule has 0 radical (unpaired) electrons. The van der Waals surface area contributed by atoms with Crippen molar-refractivity contribution < 1.29 is 0 Å². The molecule has 0 spiro atoms. The quantitative estimate of drug-likeness (QED) is 0.670. The fourth-order valence-corrected chi connectivity index (χ4v) is 3.62. The predicted molar refractivity (Wildman–Crippen MR) is 102 cm³/mol. The van der Waals surface area contributed by atoms with Gasteiger partial charge in [-0.25, -0.2) is 0 Å². The average Bonchev–Trinajstić information content (AvgIpc) is 3.41. The number of hydrogen-bond donors (Lipinski definition) is 0. The molecule has 27 heavy (non-hydrogen) atoms. The number of aromatic nitrogens is 6. The van der Waals surface area contributed by atoms with Gasteiger partial charge in [0.2, 0.25) is 5.95 Å². The number of anilines is 2. The van der Waals surface area contributed by atoms with Crippen molar-refractivity contribution in [1.82, 2.24) is 29.5 Å². The van der Waals surface area contributed by atoms with Crippen LogP contribution in [0.1, 0.15) is 24.5 Å². The summed E-state index contributed by atoms with van der Waals surface area (Å²) in [6.07, 6.45) is 4.04. The van der Waals surface area contributed by atoms with Gasteiger partial charge in [-0.05, 0) is 25.0 Å². The smallest absolute Gasteiger partial charge is 0.265 e. The van der Waals surface area contributed by atoms with Gasteiger partial charge in [-0.1, -0.05) is 0 Å². The van der Waals surface area contributed by atoms with Crippen LogP contribution in [0.3, 0.4) is 0 Å². The highest BCUT2D eigenvalue weighted by Gasteiger charge is 2.33. The van der Waals surface area contributed by atoms with Gasteiger partial charge in [-0.15, -0.1) is 5.10 Å². The van der Waals surface area contributed by atoms with Crippen molar-refractivity contribution in [2.75, 3.05) is 29.9 Å². The second-order valence-corrected chi connectivity index (χ2v) is 7.54. The van der Waals surface area contributed by atoms with Crippen molar-refractivity contribution in [3.8, 4) is 0 Å². The summed E-state index contributed by atoms with van der Waals surface area (Å²) >= 11 is 0. The van der Waals surface area contributed by atoms with Crippen LogP contribution in [0, 0.1) is 0 Å². The predicted octanol–water partition coefficient (Wildman–Crippen LogP) is 0.659. The summed E-state index contributed by atoms with van der Waals surface area (Å²) in [5.74, 6) is 2.18. The maximum atomic E-state index is 12.6. The average molecular weight is 366 g/mol. The van der Waals surface area contributed by atoms with Gasteiger partial charge < -0.3 is 9.80 Å². The van der Waals surface area contributed by atoms with E-state index in [1.54, 1.807) is 29.5 Å². The maximum Gasteiger partial charge on any atom is 0.265 e. The normalized spacial score (nSPS) is 17.4. The Morgan fingerprint density at radius 2 is 1.93 bits per heavy atom. The van der Waals surface area contributed by atoms with Gasteiger partial charge in [0.15, 0.2) is 11.5 Å². The van der Waals surface area contributed by atoms with E-state index in [1.807, 2.05) is 7.05 Å². The zero-order valence-corrected chi connectivity index (χ0v) is 15.7. The molecule has 140 valence electrons. The fraction of sp³-hybridized carbons (Fsp3) is 0.500. The van der Waals surface area contributed by atoms with Crippen LogP contribution < -0.4 is 15.4 Å². The molecular weight excluding hydrogens is 344 g/mol. The summed E-state index contributed by atoms with van der Waals surface area (Å²) in [6.45, 7) is 1.65. The van der Waals surface area contributed by atoms with Crippen molar-refractivity contribution in [3.63, 3.8) is 0 Å². The first-order valence-corrected chi connectivity index (χ1v) is 9.23. The molecule has 0 bridgehead atoms. The van der Waals surface area contributed by atoms with Crippen molar-refractivity contribution in [2.24, 2.45) is 14.1 Å². The van der Waals surface area contributed by atoms with E-state index in [0.717, 1.165) is 24.6 Å². The van der Waals surface area contributed by atoms with Crippen LogP contribution in [0.5, 0.6) is 0 Å². The third-order valence-corrected chi connectivity index (χ3v) is 5.66. The van der Waals surface area contributed by atoms with E-state index in [4.69, 9.17) is 0 Å². The molecule has 9 nitrogen and oxygen atoms in total. The molecule has 1 aliphatic heterocycles. The monoisotopic (exact) mass is 366 g/mol. The van der Waals surface area contributed by atoms with E-state index in [1.165, 1.54) is 12.8 Å². The van der Waals surface area contributed by atoms with Crippen LogP contribution >= 0.6 is 0 Å². The van der Waals surface area contributed by atoms with Crippen molar-refractivity contribution in [3.05, 3.63) is 34.4 Å². The number of hydrogen-bond acceptors (Lipinski definition) is 7. The van der Waals surface area contributed by atoms with Gasteiger partial charge in [0.1, 0.15) is 5.39 Å². The molecule has 0 atom stereocenters. The molecule has 3 aromatic heterocycles. The van der Waals surface area contributed by atoms with Gasteiger partial charge in [0, 0.05) is 40.2 Å². The Labute approximate surface area is 156 Å². The van der Waals surface area contributed by atoms with Gasteiger partial charge in [-0.2, -0.15) is 15.2 Å². The molecule has 2 aliphatic rings. The van der Waals surface area contributed by atoms with Crippen LogP contribution in [-0.2, 0) is 14.1 Å². The first kappa shape index (κ1) is 16.2. The maximum absolute atomic E-state index is 12.6. The largest absolute Gasteiger partial charge is 0.351 e. The lowest BCUT2D eigenvalue weighted by atomic mass is 10.1.